The van der Waals surface area contributed by atoms with Crippen LogP contribution in [0.15, 0.2) is 71.5 Å². The Kier molecular flexibility index (Phi) is 3.86. The molecule has 0 saturated carbocycles. The van der Waals surface area contributed by atoms with Crippen LogP contribution < -0.4 is 15.6 Å². The van der Waals surface area contributed by atoms with Crippen molar-refractivity contribution in [1.29, 1.82) is 0 Å². The number of ether oxygens (including phenoxy) is 1. The van der Waals surface area contributed by atoms with Gasteiger partial charge < -0.3 is 15.0 Å². The summed E-state index contributed by atoms with van der Waals surface area (Å²) in [4.78, 5) is 15.3. The van der Waals surface area contributed by atoms with Gasteiger partial charge in [0.2, 0.25) is 0 Å². The van der Waals surface area contributed by atoms with E-state index in [4.69, 9.17) is 4.74 Å². The number of nitrogens with one attached hydrogen (secondary N) is 2. The molecule has 4 heteroatoms. The van der Waals surface area contributed by atoms with Crippen LogP contribution in [0, 0.1) is 0 Å². The van der Waals surface area contributed by atoms with Gasteiger partial charge in [0.05, 0.1) is 12.6 Å². The van der Waals surface area contributed by atoms with Crippen molar-refractivity contribution in [3.8, 4) is 5.75 Å². The van der Waals surface area contributed by atoms with Crippen molar-refractivity contribution in [2.45, 2.75) is 6.54 Å². The van der Waals surface area contributed by atoms with E-state index in [0.29, 0.717) is 12.1 Å². The summed E-state index contributed by atoms with van der Waals surface area (Å²) in [5, 5.41) is 6.69. The Hall–Kier alpha value is -3.27. The number of rotatable bonds is 4. The first-order chi connectivity index (χ1) is 12.2. The average Bonchev–Trinajstić information content (AvgIpc) is 2.66. The maximum absolute atomic E-state index is 12.4. The number of H-pyrrole nitrogens is 1. The molecule has 0 atom stereocenters. The second-order valence-corrected chi connectivity index (χ2v) is 5.96. The van der Waals surface area contributed by atoms with Crippen LogP contribution in [0.2, 0.25) is 0 Å². The summed E-state index contributed by atoms with van der Waals surface area (Å²) in [6.07, 6.45) is 0. The molecule has 124 valence electrons. The van der Waals surface area contributed by atoms with E-state index in [1.54, 1.807) is 7.11 Å². The summed E-state index contributed by atoms with van der Waals surface area (Å²) in [6.45, 7) is 0.464. The van der Waals surface area contributed by atoms with Gasteiger partial charge in [-0.05, 0) is 35.0 Å². The number of methoxy groups -OCH3 is 1. The topological polar surface area (TPSA) is 54.1 Å². The van der Waals surface area contributed by atoms with E-state index >= 15 is 0 Å². The standard InChI is InChI=1S/C21H18N2O2/c1-25-17-10-9-15-11-16(21(24)23-20(15)12-17)13-22-19-8-4-6-14-5-2-3-7-18(14)19/h2-12,22H,13H2,1H3,(H,23,24). The van der Waals surface area contributed by atoms with Crippen molar-refractivity contribution in [2.24, 2.45) is 0 Å². The quantitative estimate of drug-likeness (QED) is 0.586. The summed E-state index contributed by atoms with van der Waals surface area (Å²) >= 11 is 0. The van der Waals surface area contributed by atoms with E-state index in [0.717, 1.165) is 27.7 Å². The molecule has 0 radical (unpaired) electrons. The molecular weight excluding hydrogens is 312 g/mol. The molecule has 2 N–H and O–H groups in total. The third kappa shape index (κ3) is 2.94. The molecule has 4 rings (SSSR count). The first-order valence-electron chi connectivity index (χ1n) is 8.16. The zero-order chi connectivity index (χ0) is 17.2. The van der Waals surface area contributed by atoms with Crippen molar-refractivity contribution >= 4 is 27.4 Å². The Labute approximate surface area is 145 Å². The molecule has 0 saturated heterocycles. The molecule has 3 aromatic carbocycles. The van der Waals surface area contributed by atoms with E-state index in [2.05, 4.69) is 28.5 Å². The van der Waals surface area contributed by atoms with Crippen molar-refractivity contribution in [2.75, 3.05) is 12.4 Å². The third-order valence-corrected chi connectivity index (χ3v) is 4.39. The fourth-order valence-electron chi connectivity index (χ4n) is 3.05. The van der Waals surface area contributed by atoms with Gasteiger partial charge in [-0.25, -0.2) is 0 Å². The lowest BCUT2D eigenvalue weighted by Gasteiger charge is -2.10. The number of hydrogen-bond donors (Lipinski definition) is 2. The van der Waals surface area contributed by atoms with E-state index in [-0.39, 0.29) is 5.56 Å². The minimum absolute atomic E-state index is 0.0894. The SMILES string of the molecule is COc1ccc2cc(CNc3cccc4ccccc34)c(=O)[nH]c2c1. The fourth-order valence-corrected chi connectivity index (χ4v) is 3.05. The summed E-state index contributed by atoms with van der Waals surface area (Å²) in [6, 6.07) is 21.9. The van der Waals surface area contributed by atoms with Gasteiger partial charge >= 0.3 is 0 Å². The van der Waals surface area contributed by atoms with E-state index in [9.17, 15) is 4.79 Å². The average molecular weight is 330 g/mol. The third-order valence-electron chi connectivity index (χ3n) is 4.39. The van der Waals surface area contributed by atoms with Gasteiger partial charge in [-0.15, -0.1) is 0 Å². The Morgan fingerprint density at radius 1 is 0.960 bits per heavy atom. The molecule has 0 aliphatic carbocycles. The first-order valence-corrected chi connectivity index (χ1v) is 8.16. The van der Waals surface area contributed by atoms with Gasteiger partial charge in [-0.2, -0.15) is 0 Å². The fraction of sp³-hybridized carbons (Fsp3) is 0.0952. The predicted molar refractivity (Wildman–Crippen MR) is 102 cm³/mol. The molecule has 0 fully saturated rings. The van der Waals surface area contributed by atoms with Crippen LogP contribution in [-0.4, -0.2) is 12.1 Å². The Balaban J connectivity index is 1.66. The molecule has 25 heavy (non-hydrogen) atoms. The minimum atomic E-state index is -0.0894. The van der Waals surface area contributed by atoms with Gasteiger partial charge in [0.15, 0.2) is 0 Å². The number of anilines is 1. The zero-order valence-corrected chi connectivity index (χ0v) is 13.9. The number of hydrogen-bond acceptors (Lipinski definition) is 3. The van der Waals surface area contributed by atoms with E-state index < -0.39 is 0 Å². The molecular formula is C21H18N2O2. The molecule has 0 aliphatic heterocycles. The number of pyridine rings is 1. The zero-order valence-electron chi connectivity index (χ0n) is 13.9. The van der Waals surface area contributed by atoms with Gasteiger partial charge in [0.1, 0.15) is 5.75 Å². The molecule has 1 aromatic heterocycles. The Morgan fingerprint density at radius 2 is 1.80 bits per heavy atom. The maximum atomic E-state index is 12.4. The molecule has 4 nitrogen and oxygen atoms in total. The molecule has 1 heterocycles. The number of fused-ring (bicyclic) bond motifs is 2. The number of aromatic nitrogens is 1. The van der Waals surface area contributed by atoms with Crippen molar-refractivity contribution < 1.29 is 4.74 Å². The lowest BCUT2D eigenvalue weighted by atomic mass is 10.1. The van der Waals surface area contributed by atoms with Crippen molar-refractivity contribution in [3.63, 3.8) is 0 Å². The second kappa shape index (κ2) is 6.32. The van der Waals surface area contributed by atoms with Gasteiger partial charge in [0.25, 0.3) is 5.56 Å². The Morgan fingerprint density at radius 3 is 2.68 bits per heavy atom. The van der Waals surface area contributed by atoms with Crippen LogP contribution in [0.25, 0.3) is 21.7 Å². The van der Waals surface area contributed by atoms with Crippen LogP contribution in [0.1, 0.15) is 5.56 Å². The van der Waals surface area contributed by atoms with E-state index in [1.165, 1.54) is 5.39 Å². The highest BCUT2D eigenvalue weighted by Crippen LogP contribution is 2.24. The lowest BCUT2D eigenvalue weighted by Crippen LogP contribution is -2.15. The van der Waals surface area contributed by atoms with E-state index in [1.807, 2.05) is 48.5 Å². The summed E-state index contributed by atoms with van der Waals surface area (Å²) in [5.74, 6) is 0.727. The normalized spacial score (nSPS) is 10.9. The van der Waals surface area contributed by atoms with Gasteiger partial charge in [-0.1, -0.05) is 36.4 Å². The van der Waals surface area contributed by atoms with Crippen LogP contribution in [0.3, 0.4) is 0 Å². The molecule has 4 aromatic rings. The van der Waals surface area contributed by atoms with Crippen LogP contribution >= 0.6 is 0 Å². The highest BCUT2D eigenvalue weighted by Gasteiger charge is 2.06. The summed E-state index contributed by atoms with van der Waals surface area (Å²) < 4.78 is 5.20. The smallest absolute Gasteiger partial charge is 0.253 e. The molecule has 0 bridgehead atoms. The summed E-state index contributed by atoms with van der Waals surface area (Å²) in [7, 11) is 1.61. The monoisotopic (exact) mass is 330 g/mol. The summed E-state index contributed by atoms with van der Waals surface area (Å²) in [5.41, 5.74) is 2.41. The highest BCUT2D eigenvalue weighted by atomic mass is 16.5. The van der Waals surface area contributed by atoms with Crippen LogP contribution in [0.5, 0.6) is 5.75 Å². The Bertz CT molecular complexity index is 1110. The first kappa shape index (κ1) is 15.3. The van der Waals surface area contributed by atoms with Crippen LogP contribution in [-0.2, 0) is 6.54 Å². The molecule has 0 spiro atoms. The molecule has 0 amide bonds. The van der Waals surface area contributed by atoms with Crippen LogP contribution in [0.4, 0.5) is 5.69 Å². The largest absolute Gasteiger partial charge is 0.497 e. The number of benzene rings is 3. The minimum Gasteiger partial charge on any atom is -0.497 e. The molecule has 0 unspecified atom stereocenters. The predicted octanol–water partition coefficient (Wildman–Crippen LogP) is 4.30. The van der Waals surface area contributed by atoms with Gasteiger partial charge in [0, 0.05) is 29.2 Å². The van der Waals surface area contributed by atoms with Gasteiger partial charge in [-0.3, -0.25) is 4.79 Å². The second-order valence-electron chi connectivity index (χ2n) is 5.96. The number of aromatic amines is 1. The molecule has 0 aliphatic rings. The highest BCUT2D eigenvalue weighted by molar-refractivity contribution is 5.93. The van der Waals surface area contributed by atoms with Crippen molar-refractivity contribution in [3.05, 3.63) is 82.6 Å². The van der Waals surface area contributed by atoms with Crippen molar-refractivity contribution in [1.82, 2.24) is 4.98 Å². The maximum Gasteiger partial charge on any atom is 0.253 e. The lowest BCUT2D eigenvalue weighted by molar-refractivity contribution is 0.415.